The number of hydrogen-bond donors (Lipinski definition) is 3. The molecule has 1 atom stereocenters. The van der Waals surface area contributed by atoms with E-state index < -0.39 is 17.9 Å². The normalized spacial score (nSPS) is 12.0. The van der Waals surface area contributed by atoms with Gasteiger partial charge in [0.2, 0.25) is 5.91 Å². The number of nitrogens with two attached hydrogens (primary N) is 2. The van der Waals surface area contributed by atoms with Gasteiger partial charge in [-0.2, -0.15) is 0 Å². The van der Waals surface area contributed by atoms with Crippen molar-refractivity contribution in [3.8, 4) is 0 Å². The molecule has 0 saturated heterocycles. The van der Waals surface area contributed by atoms with Crippen LogP contribution >= 0.6 is 0 Å². The van der Waals surface area contributed by atoms with E-state index in [1.54, 1.807) is 0 Å². The number of aromatic nitrogens is 1. The first-order valence-corrected chi connectivity index (χ1v) is 5.76. The predicted molar refractivity (Wildman–Crippen MR) is 71.4 cm³/mol. The summed E-state index contributed by atoms with van der Waals surface area (Å²) in [7, 11) is 1.26. The Kier molecular flexibility index (Phi) is 4.68. The lowest BCUT2D eigenvalue weighted by Gasteiger charge is -2.19. The number of nitrogen functional groups attached to an aromatic ring is 1. The Balaban J connectivity index is 3.02. The number of hydrogen-bond acceptors (Lipinski definition) is 6. The van der Waals surface area contributed by atoms with E-state index in [4.69, 9.17) is 11.5 Å². The topological polar surface area (TPSA) is 120 Å². The molecule has 5 N–H and O–H groups in total. The summed E-state index contributed by atoms with van der Waals surface area (Å²) in [4.78, 5) is 26.8. The van der Waals surface area contributed by atoms with E-state index in [1.165, 1.54) is 19.4 Å². The maximum absolute atomic E-state index is 11.5. The number of ether oxygens (including phenoxy) is 1. The zero-order valence-corrected chi connectivity index (χ0v) is 11.1. The van der Waals surface area contributed by atoms with Gasteiger partial charge in [-0.05, 0) is 12.0 Å². The lowest BCUT2D eigenvalue weighted by molar-refractivity contribution is -0.119. The standard InChI is InChI=1S/C12H18N4O3/c1-6(2)10(11(14)17)16-9-4-7(12(18)19-3)8(13)5-15-9/h4-6,10H,13H2,1-3H3,(H2,14,17)(H,15,16). The molecule has 0 bridgehead atoms. The Labute approximate surface area is 111 Å². The molecular weight excluding hydrogens is 248 g/mol. The van der Waals surface area contributed by atoms with Crippen LogP contribution in [0.25, 0.3) is 0 Å². The number of amides is 1. The summed E-state index contributed by atoms with van der Waals surface area (Å²) < 4.78 is 4.61. The Morgan fingerprint density at radius 3 is 2.53 bits per heavy atom. The highest BCUT2D eigenvalue weighted by atomic mass is 16.5. The average molecular weight is 266 g/mol. The number of esters is 1. The minimum absolute atomic E-state index is 0.0153. The van der Waals surface area contributed by atoms with Gasteiger partial charge in [0.15, 0.2) is 0 Å². The minimum Gasteiger partial charge on any atom is -0.465 e. The summed E-state index contributed by atoms with van der Waals surface area (Å²) in [6, 6.07) is 0.848. The first-order chi connectivity index (χ1) is 8.86. The van der Waals surface area contributed by atoms with Crippen LogP contribution in [0.4, 0.5) is 11.5 Å². The van der Waals surface area contributed by atoms with Crippen LogP contribution in [0.1, 0.15) is 24.2 Å². The third kappa shape index (κ3) is 3.57. The second-order valence-electron chi connectivity index (χ2n) is 4.42. The molecule has 1 unspecified atom stereocenters. The zero-order chi connectivity index (χ0) is 14.6. The van der Waals surface area contributed by atoms with Crippen LogP contribution in [0.3, 0.4) is 0 Å². The lowest BCUT2D eigenvalue weighted by atomic mass is 10.0. The quantitative estimate of drug-likeness (QED) is 0.662. The first kappa shape index (κ1) is 14.7. The largest absolute Gasteiger partial charge is 0.465 e. The fourth-order valence-corrected chi connectivity index (χ4v) is 1.56. The smallest absolute Gasteiger partial charge is 0.340 e. The van der Waals surface area contributed by atoms with Gasteiger partial charge in [-0.3, -0.25) is 4.79 Å². The molecule has 0 spiro atoms. The molecule has 0 fully saturated rings. The number of pyridine rings is 1. The molecule has 104 valence electrons. The van der Waals surface area contributed by atoms with Crippen molar-refractivity contribution < 1.29 is 14.3 Å². The van der Waals surface area contributed by atoms with E-state index >= 15 is 0 Å². The van der Waals surface area contributed by atoms with Gasteiger partial charge in [-0.25, -0.2) is 9.78 Å². The molecule has 0 aromatic carbocycles. The van der Waals surface area contributed by atoms with Crippen molar-refractivity contribution in [3.63, 3.8) is 0 Å². The van der Waals surface area contributed by atoms with Crippen LogP contribution in [0.15, 0.2) is 12.3 Å². The molecule has 19 heavy (non-hydrogen) atoms. The Hall–Kier alpha value is -2.31. The van der Waals surface area contributed by atoms with E-state index in [-0.39, 0.29) is 17.2 Å². The van der Waals surface area contributed by atoms with Gasteiger partial charge in [0.1, 0.15) is 11.9 Å². The first-order valence-electron chi connectivity index (χ1n) is 5.76. The molecule has 0 aliphatic carbocycles. The van der Waals surface area contributed by atoms with Crippen LogP contribution in [-0.2, 0) is 9.53 Å². The highest BCUT2D eigenvalue weighted by Crippen LogP contribution is 2.17. The highest BCUT2D eigenvalue weighted by Gasteiger charge is 2.20. The molecule has 1 amide bonds. The Morgan fingerprint density at radius 1 is 1.42 bits per heavy atom. The van der Waals surface area contributed by atoms with Crippen molar-refractivity contribution in [2.75, 3.05) is 18.2 Å². The molecule has 0 radical (unpaired) electrons. The molecule has 7 nitrogen and oxygen atoms in total. The number of primary amides is 1. The predicted octanol–water partition coefficient (Wildman–Crippen LogP) is 0.372. The number of rotatable bonds is 5. The molecule has 1 rings (SSSR count). The fourth-order valence-electron chi connectivity index (χ4n) is 1.56. The fraction of sp³-hybridized carbons (Fsp3) is 0.417. The second kappa shape index (κ2) is 6.03. The van der Waals surface area contributed by atoms with E-state index in [1.807, 2.05) is 13.8 Å². The van der Waals surface area contributed by atoms with Crippen LogP contribution in [0, 0.1) is 5.92 Å². The second-order valence-corrected chi connectivity index (χ2v) is 4.42. The molecule has 1 heterocycles. The molecule has 0 aliphatic rings. The molecule has 0 saturated carbocycles. The highest BCUT2D eigenvalue weighted by molar-refractivity contribution is 5.95. The maximum Gasteiger partial charge on any atom is 0.340 e. The van der Waals surface area contributed by atoms with Gasteiger partial charge in [-0.15, -0.1) is 0 Å². The Bertz CT molecular complexity index is 488. The third-order valence-corrected chi connectivity index (χ3v) is 2.62. The zero-order valence-electron chi connectivity index (χ0n) is 11.1. The van der Waals surface area contributed by atoms with Crippen LogP contribution < -0.4 is 16.8 Å². The summed E-state index contributed by atoms with van der Waals surface area (Å²) in [5, 5.41) is 2.88. The number of nitrogens with zero attached hydrogens (tertiary/aromatic N) is 1. The summed E-state index contributed by atoms with van der Waals surface area (Å²) in [6.07, 6.45) is 1.33. The number of carbonyl (C=O) groups excluding carboxylic acids is 2. The lowest BCUT2D eigenvalue weighted by Crippen LogP contribution is -2.39. The van der Waals surface area contributed by atoms with Crippen molar-refractivity contribution >= 4 is 23.4 Å². The summed E-state index contributed by atoms with van der Waals surface area (Å²) in [6.45, 7) is 3.70. The summed E-state index contributed by atoms with van der Waals surface area (Å²) in [5.41, 5.74) is 11.3. The van der Waals surface area contributed by atoms with E-state index in [2.05, 4.69) is 15.0 Å². The van der Waals surface area contributed by atoms with Crippen molar-refractivity contribution in [1.29, 1.82) is 0 Å². The average Bonchev–Trinajstić information content (AvgIpc) is 2.35. The van der Waals surface area contributed by atoms with Gasteiger partial charge in [-0.1, -0.05) is 13.8 Å². The van der Waals surface area contributed by atoms with Crippen LogP contribution in [0.5, 0.6) is 0 Å². The van der Waals surface area contributed by atoms with Gasteiger partial charge >= 0.3 is 5.97 Å². The van der Waals surface area contributed by atoms with Crippen LogP contribution in [0.2, 0.25) is 0 Å². The minimum atomic E-state index is -0.582. The molecule has 0 aliphatic heterocycles. The van der Waals surface area contributed by atoms with Crippen molar-refractivity contribution in [1.82, 2.24) is 4.98 Å². The van der Waals surface area contributed by atoms with E-state index in [9.17, 15) is 9.59 Å². The van der Waals surface area contributed by atoms with Crippen molar-refractivity contribution in [2.45, 2.75) is 19.9 Å². The number of nitrogens with one attached hydrogen (secondary N) is 1. The molecule has 7 heteroatoms. The molecule has 1 aromatic heterocycles. The van der Waals surface area contributed by atoms with Gasteiger partial charge in [0.25, 0.3) is 0 Å². The summed E-state index contributed by atoms with van der Waals surface area (Å²) in [5.74, 6) is -0.734. The van der Waals surface area contributed by atoms with Gasteiger partial charge < -0.3 is 21.5 Å². The summed E-state index contributed by atoms with van der Waals surface area (Å²) >= 11 is 0. The van der Waals surface area contributed by atoms with E-state index in [0.29, 0.717) is 5.82 Å². The molecular formula is C12H18N4O3. The number of carbonyl (C=O) groups is 2. The van der Waals surface area contributed by atoms with Crippen molar-refractivity contribution in [3.05, 3.63) is 17.8 Å². The third-order valence-electron chi connectivity index (χ3n) is 2.62. The van der Waals surface area contributed by atoms with E-state index in [0.717, 1.165) is 0 Å². The monoisotopic (exact) mass is 266 g/mol. The number of methoxy groups -OCH3 is 1. The number of anilines is 2. The SMILES string of the molecule is COC(=O)c1cc(NC(C(N)=O)C(C)C)ncc1N. The maximum atomic E-state index is 11.5. The van der Waals surface area contributed by atoms with Crippen LogP contribution in [-0.4, -0.2) is 30.0 Å². The van der Waals surface area contributed by atoms with Crippen molar-refractivity contribution in [2.24, 2.45) is 11.7 Å². The Morgan fingerprint density at radius 2 is 2.05 bits per heavy atom. The molecule has 1 aromatic rings. The van der Waals surface area contributed by atoms with Gasteiger partial charge in [0.05, 0.1) is 24.6 Å². The van der Waals surface area contributed by atoms with Gasteiger partial charge in [0, 0.05) is 0 Å².